The van der Waals surface area contributed by atoms with Crippen LogP contribution in [-0.2, 0) is 15.6 Å². The molecule has 0 aliphatic rings. The van der Waals surface area contributed by atoms with Crippen LogP contribution in [0.5, 0.6) is 11.5 Å². The summed E-state index contributed by atoms with van der Waals surface area (Å²) in [5, 5.41) is 4.03. The highest BCUT2D eigenvalue weighted by atomic mass is 35.5. The number of thiophene rings is 1. The molecular weight excluding hydrogens is 546 g/mol. The molecule has 4 aromatic rings. The Labute approximate surface area is 212 Å². The molecule has 1 aromatic heterocycles. The SMILES string of the molecule is O=C(Nc1cc(Cl)cc(Oc2ccc(Cl)cc2)c1)c1cc2cc(CS(=O)(=O)C(F)(F)F)ccc2s1. The molecule has 0 saturated carbocycles. The van der Waals surface area contributed by atoms with Crippen molar-refractivity contribution in [3.05, 3.63) is 87.2 Å². The molecular formula is C23H14Cl2F3NO4S2. The molecule has 35 heavy (non-hydrogen) atoms. The molecule has 0 bridgehead atoms. The van der Waals surface area contributed by atoms with Crippen LogP contribution in [0.1, 0.15) is 15.2 Å². The first-order valence-electron chi connectivity index (χ1n) is 9.76. The summed E-state index contributed by atoms with van der Waals surface area (Å²) in [5.74, 6) is -0.762. The molecule has 0 aliphatic carbocycles. The molecule has 1 N–H and O–H groups in total. The predicted octanol–water partition coefficient (Wildman–Crippen LogP) is 7.69. The third-order valence-corrected chi connectivity index (χ3v) is 7.70. The summed E-state index contributed by atoms with van der Waals surface area (Å²) in [5.41, 5.74) is -5.01. The van der Waals surface area contributed by atoms with E-state index in [-0.39, 0.29) is 10.4 Å². The van der Waals surface area contributed by atoms with E-state index in [1.807, 2.05) is 0 Å². The maximum Gasteiger partial charge on any atom is 0.497 e. The Morgan fingerprint density at radius 2 is 1.63 bits per heavy atom. The van der Waals surface area contributed by atoms with Gasteiger partial charge in [0.25, 0.3) is 15.7 Å². The zero-order chi connectivity index (χ0) is 25.4. The third kappa shape index (κ3) is 6.07. The number of carbonyl (C=O) groups excluding carboxylic acids is 1. The maximum atomic E-state index is 12.8. The highest BCUT2D eigenvalue weighted by molar-refractivity contribution is 7.91. The highest BCUT2D eigenvalue weighted by Gasteiger charge is 2.45. The van der Waals surface area contributed by atoms with Gasteiger partial charge in [0, 0.05) is 26.5 Å². The second-order valence-corrected chi connectivity index (χ2v) is 11.3. The van der Waals surface area contributed by atoms with E-state index >= 15 is 0 Å². The smallest absolute Gasteiger partial charge is 0.457 e. The maximum absolute atomic E-state index is 12.8. The quantitative estimate of drug-likeness (QED) is 0.263. The van der Waals surface area contributed by atoms with Gasteiger partial charge < -0.3 is 10.1 Å². The van der Waals surface area contributed by atoms with Gasteiger partial charge in [0.1, 0.15) is 11.5 Å². The Kier molecular flexibility index (Phi) is 7.01. The molecule has 0 aliphatic heterocycles. The minimum atomic E-state index is -5.34. The average Bonchev–Trinajstić information content (AvgIpc) is 3.17. The van der Waals surface area contributed by atoms with Crippen LogP contribution < -0.4 is 10.1 Å². The van der Waals surface area contributed by atoms with Crippen LogP contribution in [-0.4, -0.2) is 19.8 Å². The van der Waals surface area contributed by atoms with E-state index in [0.717, 1.165) is 11.3 Å². The van der Waals surface area contributed by atoms with Gasteiger partial charge in [0.2, 0.25) is 0 Å². The number of rotatable bonds is 6. The fourth-order valence-corrected chi connectivity index (χ4v) is 5.19. The zero-order valence-electron chi connectivity index (χ0n) is 17.4. The Balaban J connectivity index is 1.52. The summed E-state index contributed by atoms with van der Waals surface area (Å²) in [7, 11) is -5.31. The number of sulfone groups is 1. The lowest BCUT2D eigenvalue weighted by Gasteiger charge is -2.10. The molecule has 3 aromatic carbocycles. The van der Waals surface area contributed by atoms with Crippen molar-refractivity contribution in [1.82, 2.24) is 0 Å². The fourth-order valence-electron chi connectivity index (χ4n) is 3.12. The van der Waals surface area contributed by atoms with Crippen LogP contribution in [0, 0.1) is 0 Å². The van der Waals surface area contributed by atoms with Crippen LogP contribution in [0.25, 0.3) is 10.1 Å². The van der Waals surface area contributed by atoms with Crippen LogP contribution in [0.15, 0.2) is 66.7 Å². The standard InChI is InChI=1S/C23H14Cl2F3NO4S2/c24-15-2-4-18(5-3-15)33-19-10-16(25)9-17(11-19)29-22(30)21-8-14-7-13(1-6-20(14)34-21)12-35(31,32)23(26,27)28/h1-11H,12H2,(H,29,30). The first-order valence-corrected chi connectivity index (χ1v) is 13.0. The Bertz CT molecular complexity index is 1520. The minimum absolute atomic E-state index is 0.0292. The van der Waals surface area contributed by atoms with Crippen LogP contribution in [0.2, 0.25) is 10.0 Å². The van der Waals surface area contributed by atoms with Crippen molar-refractivity contribution in [3.63, 3.8) is 0 Å². The normalized spacial score (nSPS) is 12.0. The van der Waals surface area contributed by atoms with Gasteiger partial charge in [-0.2, -0.15) is 13.2 Å². The molecule has 5 nitrogen and oxygen atoms in total. The lowest BCUT2D eigenvalue weighted by atomic mass is 10.2. The average molecular weight is 560 g/mol. The summed E-state index contributed by atoms with van der Waals surface area (Å²) in [6.45, 7) is 0. The summed E-state index contributed by atoms with van der Waals surface area (Å²) in [6, 6.07) is 16.9. The molecule has 182 valence electrons. The van der Waals surface area contributed by atoms with Crippen LogP contribution in [0.4, 0.5) is 18.9 Å². The summed E-state index contributed by atoms with van der Waals surface area (Å²) < 4.78 is 67.3. The van der Waals surface area contributed by atoms with E-state index in [9.17, 15) is 26.4 Å². The number of halogens is 5. The molecule has 12 heteroatoms. The van der Waals surface area contributed by atoms with Crippen LogP contribution in [0.3, 0.4) is 0 Å². The third-order valence-electron chi connectivity index (χ3n) is 4.69. The topological polar surface area (TPSA) is 72.5 Å². The number of nitrogens with one attached hydrogen (secondary N) is 1. The highest BCUT2D eigenvalue weighted by Crippen LogP contribution is 2.32. The molecule has 0 unspecified atom stereocenters. The van der Waals surface area contributed by atoms with Gasteiger partial charge in [-0.25, -0.2) is 8.42 Å². The van der Waals surface area contributed by atoms with Crippen molar-refractivity contribution in [3.8, 4) is 11.5 Å². The number of hydrogen-bond acceptors (Lipinski definition) is 5. The van der Waals surface area contributed by atoms with Crippen molar-refractivity contribution < 1.29 is 31.1 Å². The zero-order valence-corrected chi connectivity index (χ0v) is 20.5. The second kappa shape index (κ2) is 9.69. The minimum Gasteiger partial charge on any atom is -0.457 e. The van der Waals surface area contributed by atoms with E-state index in [4.69, 9.17) is 27.9 Å². The van der Waals surface area contributed by atoms with E-state index in [2.05, 4.69) is 5.32 Å². The first-order chi connectivity index (χ1) is 16.4. The Morgan fingerprint density at radius 1 is 0.914 bits per heavy atom. The van der Waals surface area contributed by atoms with E-state index < -0.39 is 27.0 Å². The molecule has 4 rings (SSSR count). The van der Waals surface area contributed by atoms with Gasteiger partial charge >= 0.3 is 5.51 Å². The van der Waals surface area contributed by atoms with Crippen molar-refractivity contribution in [2.45, 2.75) is 11.3 Å². The number of ether oxygens (including phenoxy) is 1. The van der Waals surface area contributed by atoms with Gasteiger partial charge in [0.05, 0.1) is 10.6 Å². The van der Waals surface area contributed by atoms with Crippen molar-refractivity contribution >= 4 is 66.1 Å². The Hall–Kier alpha value is -2.79. The molecule has 0 saturated heterocycles. The van der Waals surface area contributed by atoms with E-state index in [0.29, 0.717) is 37.3 Å². The summed E-state index contributed by atoms with van der Waals surface area (Å²) in [4.78, 5) is 13.1. The van der Waals surface area contributed by atoms with Crippen molar-refractivity contribution in [2.75, 3.05) is 5.32 Å². The first kappa shape index (κ1) is 25.3. The van der Waals surface area contributed by atoms with E-state index in [1.54, 1.807) is 36.4 Å². The lowest BCUT2D eigenvalue weighted by Crippen LogP contribution is -2.24. The molecule has 0 atom stereocenters. The van der Waals surface area contributed by atoms with Crippen LogP contribution >= 0.6 is 34.5 Å². The largest absolute Gasteiger partial charge is 0.497 e. The number of alkyl halides is 3. The molecule has 0 fully saturated rings. The number of anilines is 1. The van der Waals surface area contributed by atoms with Crippen molar-refractivity contribution in [1.29, 1.82) is 0 Å². The van der Waals surface area contributed by atoms with Gasteiger partial charge in [-0.3, -0.25) is 4.79 Å². The lowest BCUT2D eigenvalue weighted by molar-refractivity contribution is -0.0437. The Morgan fingerprint density at radius 3 is 2.31 bits per heavy atom. The number of hydrogen-bond donors (Lipinski definition) is 1. The van der Waals surface area contributed by atoms with Gasteiger partial charge in [-0.15, -0.1) is 11.3 Å². The molecule has 0 radical (unpaired) electrons. The monoisotopic (exact) mass is 559 g/mol. The summed E-state index contributed by atoms with van der Waals surface area (Å²) in [6.07, 6.45) is 0. The number of amides is 1. The number of fused-ring (bicyclic) bond motifs is 1. The second-order valence-electron chi connectivity index (χ2n) is 7.37. The van der Waals surface area contributed by atoms with Crippen molar-refractivity contribution in [2.24, 2.45) is 0 Å². The van der Waals surface area contributed by atoms with Gasteiger partial charge in [-0.05, 0) is 65.5 Å². The number of benzene rings is 3. The predicted molar refractivity (Wildman–Crippen MR) is 131 cm³/mol. The van der Waals surface area contributed by atoms with Gasteiger partial charge in [0.15, 0.2) is 0 Å². The molecule has 1 heterocycles. The number of carbonyl (C=O) groups is 1. The fraction of sp³-hybridized carbons (Fsp3) is 0.0870. The molecule has 0 spiro atoms. The summed E-state index contributed by atoms with van der Waals surface area (Å²) >= 11 is 13.1. The van der Waals surface area contributed by atoms with Gasteiger partial charge in [-0.1, -0.05) is 29.3 Å². The van der Waals surface area contributed by atoms with E-state index in [1.165, 1.54) is 30.3 Å². The molecule has 1 amide bonds.